The molecule has 4 heteroatoms. The molecule has 0 heterocycles. The fraction of sp³-hybridized carbons (Fsp3) is 0.923. The zero-order valence-electron chi connectivity index (χ0n) is 10.4. The Balaban J connectivity index is 1.48. The lowest BCUT2D eigenvalue weighted by molar-refractivity contribution is -0.123. The van der Waals surface area contributed by atoms with Crippen LogP contribution in [0.2, 0.25) is 0 Å². The topological polar surface area (TPSA) is 64.3 Å². The summed E-state index contributed by atoms with van der Waals surface area (Å²) in [6, 6.07) is 0.476. The van der Waals surface area contributed by atoms with Gasteiger partial charge in [0, 0.05) is 19.7 Å². The van der Waals surface area contributed by atoms with Gasteiger partial charge in [0.1, 0.15) is 0 Å². The van der Waals surface area contributed by atoms with Crippen molar-refractivity contribution in [3.05, 3.63) is 0 Å². The molecule has 2 bridgehead atoms. The van der Waals surface area contributed by atoms with E-state index in [1.807, 2.05) is 0 Å². The Labute approximate surface area is 102 Å². The second-order valence-electron chi connectivity index (χ2n) is 5.88. The van der Waals surface area contributed by atoms with E-state index in [4.69, 9.17) is 10.5 Å². The summed E-state index contributed by atoms with van der Waals surface area (Å²) < 4.78 is 5.13. The minimum atomic E-state index is -0.134. The quantitative estimate of drug-likeness (QED) is 0.733. The number of fused-ring (bicyclic) bond motifs is 5. The molecule has 0 spiro atoms. The van der Waals surface area contributed by atoms with Gasteiger partial charge in [-0.3, -0.25) is 4.79 Å². The minimum absolute atomic E-state index is 0.112. The predicted octanol–water partition coefficient (Wildman–Crippen LogP) is 0.511. The van der Waals surface area contributed by atoms with Gasteiger partial charge < -0.3 is 15.8 Å². The van der Waals surface area contributed by atoms with Crippen LogP contribution in [0.1, 0.15) is 25.7 Å². The van der Waals surface area contributed by atoms with E-state index in [0.29, 0.717) is 19.0 Å². The van der Waals surface area contributed by atoms with Gasteiger partial charge >= 0.3 is 0 Å². The van der Waals surface area contributed by atoms with E-state index in [1.165, 1.54) is 19.3 Å². The van der Waals surface area contributed by atoms with Crippen LogP contribution in [0.25, 0.3) is 0 Å². The number of ether oxygens (including phenoxy) is 1. The highest BCUT2D eigenvalue weighted by atomic mass is 16.5. The van der Waals surface area contributed by atoms with Crippen molar-refractivity contribution in [3.8, 4) is 0 Å². The van der Waals surface area contributed by atoms with Gasteiger partial charge in [-0.2, -0.15) is 0 Å². The molecule has 3 aliphatic rings. The summed E-state index contributed by atoms with van der Waals surface area (Å²) in [5.41, 5.74) is 5.52. The first kappa shape index (κ1) is 11.5. The van der Waals surface area contributed by atoms with E-state index in [0.717, 1.165) is 23.7 Å². The molecule has 4 nitrogen and oxygen atoms in total. The number of methoxy groups -OCH3 is 1. The Kier molecular flexibility index (Phi) is 2.87. The average Bonchev–Trinajstić information content (AvgIpc) is 2.75. The van der Waals surface area contributed by atoms with E-state index < -0.39 is 0 Å². The van der Waals surface area contributed by atoms with Gasteiger partial charge in [0.15, 0.2) is 0 Å². The number of nitrogens with one attached hydrogen (secondary N) is 1. The summed E-state index contributed by atoms with van der Waals surface area (Å²) in [4.78, 5) is 11.8. The molecular formula is C13H22N2O2. The van der Waals surface area contributed by atoms with Crippen molar-refractivity contribution in [1.82, 2.24) is 5.32 Å². The number of carbonyl (C=O) groups is 1. The van der Waals surface area contributed by atoms with Crippen molar-refractivity contribution in [2.24, 2.45) is 29.4 Å². The van der Waals surface area contributed by atoms with Crippen molar-refractivity contribution in [2.45, 2.75) is 37.8 Å². The molecule has 3 rings (SSSR count). The van der Waals surface area contributed by atoms with E-state index in [1.54, 1.807) is 7.11 Å². The smallest absolute Gasteiger partial charge is 0.222 e. The summed E-state index contributed by atoms with van der Waals surface area (Å²) in [6.45, 7) is 0.409. The fourth-order valence-electron chi connectivity index (χ4n) is 4.23. The van der Waals surface area contributed by atoms with E-state index in [-0.39, 0.29) is 12.0 Å². The number of amides is 1. The largest absolute Gasteiger partial charge is 0.380 e. The summed E-state index contributed by atoms with van der Waals surface area (Å²) in [6.07, 6.45) is 4.47. The van der Waals surface area contributed by atoms with Crippen LogP contribution in [0.5, 0.6) is 0 Å². The van der Waals surface area contributed by atoms with Gasteiger partial charge in [-0.05, 0) is 42.9 Å². The Morgan fingerprint density at radius 1 is 1.41 bits per heavy atom. The summed E-state index contributed by atoms with van der Waals surface area (Å²) >= 11 is 0. The van der Waals surface area contributed by atoms with Crippen LogP contribution in [-0.2, 0) is 9.53 Å². The highest BCUT2D eigenvalue weighted by molar-refractivity contribution is 5.77. The third kappa shape index (κ3) is 1.87. The van der Waals surface area contributed by atoms with Gasteiger partial charge in [0.05, 0.1) is 12.5 Å². The first-order valence-electron chi connectivity index (χ1n) is 6.76. The van der Waals surface area contributed by atoms with Crippen LogP contribution >= 0.6 is 0 Å². The van der Waals surface area contributed by atoms with Crippen LogP contribution in [-0.4, -0.2) is 31.7 Å². The molecule has 0 saturated heterocycles. The molecule has 3 N–H and O–H groups in total. The van der Waals surface area contributed by atoms with Crippen LogP contribution in [0.15, 0.2) is 0 Å². The summed E-state index contributed by atoms with van der Waals surface area (Å²) in [5.74, 6) is 3.53. The SMILES string of the molecule is COC(CN)CC(=O)NC1C2C3CCC(C3)C12. The van der Waals surface area contributed by atoms with Crippen molar-refractivity contribution in [3.63, 3.8) is 0 Å². The molecule has 96 valence electrons. The van der Waals surface area contributed by atoms with Gasteiger partial charge in [0.25, 0.3) is 0 Å². The lowest BCUT2D eigenvalue weighted by Crippen LogP contribution is -2.35. The maximum Gasteiger partial charge on any atom is 0.222 e. The molecule has 17 heavy (non-hydrogen) atoms. The van der Waals surface area contributed by atoms with Crippen molar-refractivity contribution in [1.29, 1.82) is 0 Å². The molecule has 0 aliphatic heterocycles. The zero-order valence-corrected chi connectivity index (χ0v) is 10.4. The Bertz CT molecular complexity index is 301. The third-order valence-electron chi connectivity index (χ3n) is 5.07. The molecule has 1 amide bonds. The molecule has 0 radical (unpaired) electrons. The van der Waals surface area contributed by atoms with Gasteiger partial charge in [0.2, 0.25) is 5.91 Å². The van der Waals surface area contributed by atoms with Crippen molar-refractivity contribution in [2.75, 3.05) is 13.7 Å². The zero-order chi connectivity index (χ0) is 12.0. The molecular weight excluding hydrogens is 216 g/mol. The highest BCUT2D eigenvalue weighted by Crippen LogP contribution is 2.65. The molecule has 3 fully saturated rings. The lowest BCUT2D eigenvalue weighted by atomic mass is 10.0. The number of nitrogens with two attached hydrogens (primary N) is 1. The first-order valence-corrected chi connectivity index (χ1v) is 6.76. The molecule has 5 atom stereocenters. The lowest BCUT2D eigenvalue weighted by Gasteiger charge is -2.14. The fourth-order valence-corrected chi connectivity index (χ4v) is 4.23. The normalized spacial score (nSPS) is 43.3. The van der Waals surface area contributed by atoms with E-state index in [9.17, 15) is 4.79 Å². The third-order valence-corrected chi connectivity index (χ3v) is 5.07. The van der Waals surface area contributed by atoms with Gasteiger partial charge in [-0.25, -0.2) is 0 Å². The maximum absolute atomic E-state index is 11.8. The predicted molar refractivity (Wildman–Crippen MR) is 64.2 cm³/mol. The second-order valence-corrected chi connectivity index (χ2v) is 5.88. The first-order chi connectivity index (χ1) is 8.24. The molecule has 0 aromatic carbocycles. The van der Waals surface area contributed by atoms with Crippen LogP contribution in [0, 0.1) is 23.7 Å². The van der Waals surface area contributed by atoms with Gasteiger partial charge in [-0.1, -0.05) is 0 Å². The number of hydrogen-bond donors (Lipinski definition) is 2. The second kappa shape index (κ2) is 4.25. The van der Waals surface area contributed by atoms with Gasteiger partial charge in [-0.15, -0.1) is 0 Å². The van der Waals surface area contributed by atoms with E-state index in [2.05, 4.69) is 5.32 Å². The van der Waals surface area contributed by atoms with Crippen molar-refractivity contribution < 1.29 is 9.53 Å². The minimum Gasteiger partial charge on any atom is -0.380 e. The van der Waals surface area contributed by atoms with Crippen molar-refractivity contribution >= 4 is 5.91 Å². The monoisotopic (exact) mass is 238 g/mol. The Hall–Kier alpha value is -0.610. The average molecular weight is 238 g/mol. The highest BCUT2D eigenvalue weighted by Gasteiger charge is 2.65. The molecule has 3 aliphatic carbocycles. The molecule has 5 unspecified atom stereocenters. The molecule has 0 aromatic heterocycles. The Morgan fingerprint density at radius 2 is 2.06 bits per heavy atom. The molecule has 3 saturated carbocycles. The van der Waals surface area contributed by atoms with Crippen LogP contribution in [0.3, 0.4) is 0 Å². The number of hydrogen-bond acceptors (Lipinski definition) is 3. The maximum atomic E-state index is 11.8. The number of carbonyl (C=O) groups excluding carboxylic acids is 1. The molecule has 0 aromatic rings. The van der Waals surface area contributed by atoms with Crippen LogP contribution in [0.4, 0.5) is 0 Å². The standard InChI is InChI=1S/C13H22N2O2/c1-17-9(6-14)5-10(16)15-13-11-7-2-3-8(4-7)12(11)13/h7-9,11-13H,2-6,14H2,1H3,(H,15,16). The summed E-state index contributed by atoms with van der Waals surface area (Å²) in [5, 5.41) is 3.18. The summed E-state index contributed by atoms with van der Waals surface area (Å²) in [7, 11) is 1.61. The Morgan fingerprint density at radius 3 is 2.59 bits per heavy atom. The van der Waals surface area contributed by atoms with Crippen LogP contribution < -0.4 is 11.1 Å². The number of rotatable bonds is 5. The van der Waals surface area contributed by atoms with E-state index >= 15 is 0 Å².